The van der Waals surface area contributed by atoms with Crippen LogP contribution in [-0.2, 0) is 32.1 Å². The van der Waals surface area contributed by atoms with Gasteiger partial charge in [0.1, 0.15) is 13.2 Å². The van der Waals surface area contributed by atoms with E-state index in [9.17, 15) is 14.4 Å². The SMILES string of the molecule is Bc1cc(OC)c(OCc2ccccc2)c(C(=O)NC2COC(=O)[C@H](Cc3ccccc3)C[C@H](C)OC2=O)n1. The van der Waals surface area contributed by atoms with Gasteiger partial charge < -0.3 is 24.3 Å². The third-order valence-electron chi connectivity index (χ3n) is 6.30. The second-order valence-corrected chi connectivity index (χ2v) is 9.44. The summed E-state index contributed by atoms with van der Waals surface area (Å²) in [7, 11) is 3.18. The predicted octanol–water partition coefficient (Wildman–Crippen LogP) is 1.76. The molecule has 9 nitrogen and oxygen atoms in total. The van der Waals surface area contributed by atoms with E-state index < -0.39 is 35.9 Å². The Bertz CT molecular complexity index is 1300. The summed E-state index contributed by atoms with van der Waals surface area (Å²) in [6.45, 7) is 1.52. The van der Waals surface area contributed by atoms with Crippen molar-refractivity contribution in [2.75, 3.05) is 13.7 Å². The van der Waals surface area contributed by atoms with Crippen LogP contribution in [0.25, 0.3) is 0 Å². The molecule has 1 saturated heterocycles. The minimum atomic E-state index is -1.23. The molecule has 3 atom stereocenters. The summed E-state index contributed by atoms with van der Waals surface area (Å²) in [5, 5.41) is 2.61. The van der Waals surface area contributed by atoms with E-state index in [1.165, 1.54) is 7.11 Å². The molecule has 1 aliphatic heterocycles. The largest absolute Gasteiger partial charge is 0.493 e. The molecule has 0 saturated carbocycles. The molecule has 1 unspecified atom stereocenters. The Balaban J connectivity index is 1.51. The number of nitrogens with one attached hydrogen (secondary N) is 1. The van der Waals surface area contributed by atoms with Crippen LogP contribution in [0.1, 0.15) is 35.0 Å². The Labute approximate surface area is 228 Å². The van der Waals surface area contributed by atoms with Crippen LogP contribution in [-0.4, -0.2) is 56.5 Å². The highest BCUT2D eigenvalue weighted by Gasteiger charge is 2.33. The molecule has 1 N–H and O–H groups in total. The zero-order valence-electron chi connectivity index (χ0n) is 22.2. The first-order chi connectivity index (χ1) is 18.8. The lowest BCUT2D eigenvalue weighted by atomic mass is 9.94. The maximum atomic E-state index is 13.4. The molecule has 4 rings (SSSR count). The Morgan fingerprint density at radius 3 is 2.38 bits per heavy atom. The third kappa shape index (κ3) is 7.37. The van der Waals surface area contributed by atoms with Crippen molar-refractivity contribution in [1.82, 2.24) is 10.3 Å². The summed E-state index contributed by atoms with van der Waals surface area (Å²) >= 11 is 0. The first-order valence-electron chi connectivity index (χ1n) is 12.8. The van der Waals surface area contributed by atoms with Crippen LogP contribution in [0.2, 0.25) is 0 Å². The summed E-state index contributed by atoms with van der Waals surface area (Å²) in [4.78, 5) is 43.6. The van der Waals surface area contributed by atoms with Gasteiger partial charge in [0, 0.05) is 0 Å². The van der Waals surface area contributed by atoms with Crippen LogP contribution in [0.15, 0.2) is 66.7 Å². The van der Waals surface area contributed by atoms with Crippen LogP contribution in [0.4, 0.5) is 0 Å². The number of cyclic esters (lactones) is 2. The molecule has 0 bridgehead atoms. The number of hydrogen-bond acceptors (Lipinski definition) is 8. The van der Waals surface area contributed by atoms with Gasteiger partial charge in [0.2, 0.25) is 0 Å². The molecule has 0 aliphatic carbocycles. The van der Waals surface area contributed by atoms with E-state index >= 15 is 0 Å². The van der Waals surface area contributed by atoms with Crippen molar-refractivity contribution < 1.29 is 33.3 Å². The van der Waals surface area contributed by atoms with Gasteiger partial charge in [0.15, 0.2) is 31.1 Å². The molecule has 202 valence electrons. The molecule has 0 radical (unpaired) electrons. The van der Waals surface area contributed by atoms with Crippen LogP contribution in [0.5, 0.6) is 11.5 Å². The highest BCUT2D eigenvalue weighted by atomic mass is 16.6. The normalized spacial score (nSPS) is 19.5. The van der Waals surface area contributed by atoms with E-state index in [1.807, 2.05) is 60.7 Å². The van der Waals surface area contributed by atoms with E-state index in [0.29, 0.717) is 24.2 Å². The number of carbonyl (C=O) groups excluding carboxylic acids is 3. The molecule has 1 fully saturated rings. The maximum absolute atomic E-state index is 13.4. The molecule has 10 heteroatoms. The van der Waals surface area contributed by atoms with Crippen LogP contribution < -0.4 is 20.4 Å². The number of rotatable bonds is 8. The van der Waals surface area contributed by atoms with Crippen molar-refractivity contribution in [3.8, 4) is 11.5 Å². The van der Waals surface area contributed by atoms with Crippen molar-refractivity contribution in [2.45, 2.75) is 38.5 Å². The highest BCUT2D eigenvalue weighted by molar-refractivity contribution is 6.31. The summed E-state index contributed by atoms with van der Waals surface area (Å²) in [6.07, 6.45) is 0.195. The maximum Gasteiger partial charge on any atom is 0.332 e. The monoisotopic (exact) mass is 530 g/mol. The number of nitrogens with zero attached hydrogens (tertiary/aromatic N) is 1. The number of aromatic nitrogens is 1. The standard InChI is InChI=1S/C29H31BN2O7/c1-18-13-21(14-19-9-5-3-6-10-19)28(34)38-17-22(29(35)39-18)31-27(33)25-26(23(36-2)15-24(30)32-25)37-16-20-11-7-4-8-12-20/h3-12,15,18,21-22H,13-14,16-17,30H2,1-2H3,(H,31,33)/t18-,21-,22?/m0/s1. The summed E-state index contributed by atoms with van der Waals surface area (Å²) in [5.74, 6) is -1.88. The lowest BCUT2D eigenvalue weighted by Crippen LogP contribution is -2.46. The van der Waals surface area contributed by atoms with Gasteiger partial charge in [-0.1, -0.05) is 60.7 Å². The van der Waals surface area contributed by atoms with Gasteiger partial charge in [-0.3, -0.25) is 14.6 Å². The molecule has 1 amide bonds. The smallest absolute Gasteiger partial charge is 0.332 e. The van der Waals surface area contributed by atoms with E-state index in [4.69, 9.17) is 18.9 Å². The number of hydrogen-bond donors (Lipinski definition) is 1. The third-order valence-corrected chi connectivity index (χ3v) is 6.30. The highest BCUT2D eigenvalue weighted by Crippen LogP contribution is 2.30. The minimum Gasteiger partial charge on any atom is -0.493 e. The van der Waals surface area contributed by atoms with Crippen LogP contribution in [0, 0.1) is 5.92 Å². The van der Waals surface area contributed by atoms with Crippen molar-refractivity contribution in [3.63, 3.8) is 0 Å². The fourth-order valence-corrected chi connectivity index (χ4v) is 4.38. The zero-order chi connectivity index (χ0) is 27.8. The first-order valence-corrected chi connectivity index (χ1v) is 12.8. The summed E-state index contributed by atoms with van der Waals surface area (Å²) < 4.78 is 22.5. The van der Waals surface area contributed by atoms with Crippen LogP contribution in [0.3, 0.4) is 0 Å². The van der Waals surface area contributed by atoms with E-state index in [-0.39, 0.29) is 24.7 Å². The molecule has 1 aromatic heterocycles. The van der Waals surface area contributed by atoms with Crippen molar-refractivity contribution in [2.24, 2.45) is 5.92 Å². The second-order valence-electron chi connectivity index (χ2n) is 9.44. The average molecular weight is 530 g/mol. The number of carbonyl (C=O) groups is 3. The second kappa shape index (κ2) is 13.0. The lowest BCUT2D eigenvalue weighted by Gasteiger charge is -2.20. The average Bonchev–Trinajstić information content (AvgIpc) is 2.98. The Kier molecular flexibility index (Phi) is 9.20. The van der Waals surface area contributed by atoms with E-state index in [0.717, 1.165) is 11.1 Å². The molecule has 3 aromatic rings. The Morgan fingerprint density at radius 1 is 1.05 bits per heavy atom. The van der Waals surface area contributed by atoms with E-state index in [1.54, 1.807) is 20.8 Å². The summed E-state index contributed by atoms with van der Waals surface area (Å²) in [6, 6.07) is 19.4. The fourth-order valence-electron chi connectivity index (χ4n) is 4.38. The molecular formula is C29H31BN2O7. The van der Waals surface area contributed by atoms with Crippen molar-refractivity contribution in [1.29, 1.82) is 0 Å². The number of methoxy groups -OCH3 is 1. The molecule has 2 heterocycles. The van der Waals surface area contributed by atoms with Gasteiger partial charge in [-0.25, -0.2) is 4.79 Å². The first kappa shape index (κ1) is 27.7. The number of pyridine rings is 1. The zero-order valence-corrected chi connectivity index (χ0v) is 22.2. The van der Waals surface area contributed by atoms with Gasteiger partial charge >= 0.3 is 11.9 Å². The van der Waals surface area contributed by atoms with Gasteiger partial charge in [-0.05, 0) is 42.6 Å². The molecule has 0 spiro atoms. The van der Waals surface area contributed by atoms with Crippen molar-refractivity contribution in [3.05, 3.63) is 83.6 Å². The van der Waals surface area contributed by atoms with Gasteiger partial charge in [0.25, 0.3) is 5.91 Å². The fraction of sp³-hybridized carbons (Fsp3) is 0.310. The molecule has 2 aromatic carbocycles. The Morgan fingerprint density at radius 2 is 1.72 bits per heavy atom. The minimum absolute atomic E-state index is 0.0585. The quantitative estimate of drug-likeness (QED) is 0.347. The number of ether oxygens (including phenoxy) is 4. The van der Waals surface area contributed by atoms with Gasteiger partial charge in [-0.2, -0.15) is 0 Å². The lowest BCUT2D eigenvalue weighted by molar-refractivity contribution is -0.152. The van der Waals surface area contributed by atoms with E-state index in [2.05, 4.69) is 10.3 Å². The topological polar surface area (TPSA) is 113 Å². The summed E-state index contributed by atoms with van der Waals surface area (Å²) in [5.41, 5.74) is 2.32. The number of esters is 2. The molecule has 39 heavy (non-hydrogen) atoms. The molecular weight excluding hydrogens is 499 g/mol. The molecule has 1 aliphatic rings. The number of amides is 1. The van der Waals surface area contributed by atoms with Gasteiger partial charge in [-0.15, -0.1) is 0 Å². The van der Waals surface area contributed by atoms with Crippen molar-refractivity contribution >= 4 is 31.3 Å². The Hall–Kier alpha value is -4.34. The predicted molar refractivity (Wildman–Crippen MR) is 146 cm³/mol. The van der Waals surface area contributed by atoms with Crippen LogP contribution >= 0.6 is 0 Å². The van der Waals surface area contributed by atoms with Gasteiger partial charge in [0.05, 0.1) is 19.1 Å². The number of benzene rings is 2.